The van der Waals surface area contributed by atoms with E-state index in [0.717, 1.165) is 0 Å². The van der Waals surface area contributed by atoms with Crippen molar-refractivity contribution in [3.05, 3.63) is 0 Å². The van der Waals surface area contributed by atoms with Crippen LogP contribution in [0.3, 0.4) is 0 Å². The smallest absolute Gasteiger partial charge is 0.163 e. The summed E-state index contributed by atoms with van der Waals surface area (Å²) in [5.41, 5.74) is 0. The summed E-state index contributed by atoms with van der Waals surface area (Å²) in [5, 5.41) is 52.5. The predicted octanol–water partition coefficient (Wildman–Crippen LogP) is 0.738. The molecule has 0 radical (unpaired) electrons. The minimum Gasteiger partial charge on any atom is -0.390 e. The first-order valence-corrected chi connectivity index (χ1v) is 15.1. The Morgan fingerprint density at radius 1 is 0.366 bits per heavy atom. The summed E-state index contributed by atoms with van der Waals surface area (Å²) in [7, 11) is 0. The van der Waals surface area contributed by atoms with Crippen LogP contribution >= 0.6 is 0 Å². The van der Waals surface area contributed by atoms with E-state index in [4.69, 9.17) is 33.2 Å². The van der Waals surface area contributed by atoms with Crippen molar-refractivity contribution >= 4 is 0 Å². The lowest BCUT2D eigenvalue weighted by atomic mass is 9.84. The first-order valence-electron chi connectivity index (χ1n) is 15.1. The fraction of sp³-hybridized carbons (Fsp3) is 1.00. The van der Waals surface area contributed by atoms with Crippen LogP contribution in [0.5, 0.6) is 0 Å². The van der Waals surface area contributed by atoms with Crippen molar-refractivity contribution in [1.82, 2.24) is 0 Å². The second-order valence-corrected chi connectivity index (χ2v) is 12.9. The number of hydrogen-bond acceptors (Lipinski definition) is 12. The van der Waals surface area contributed by atoms with Gasteiger partial charge in [-0.3, -0.25) is 0 Å². The fourth-order valence-corrected chi connectivity index (χ4v) is 6.42. The molecular formula is C29H52O12. The number of rotatable bonds is 6. The third kappa shape index (κ3) is 6.64. The van der Waals surface area contributed by atoms with Gasteiger partial charge in [0.05, 0.1) is 48.8 Å². The quantitative estimate of drug-likeness (QED) is 0.294. The van der Waals surface area contributed by atoms with Gasteiger partial charge < -0.3 is 58.7 Å². The molecule has 13 unspecified atom stereocenters. The van der Waals surface area contributed by atoms with Crippen molar-refractivity contribution in [1.29, 1.82) is 0 Å². The van der Waals surface area contributed by atoms with Crippen LogP contribution in [0, 0.1) is 29.6 Å². The van der Waals surface area contributed by atoms with Gasteiger partial charge in [-0.2, -0.15) is 0 Å². The van der Waals surface area contributed by atoms with Gasteiger partial charge in [-0.1, -0.05) is 34.6 Å². The molecule has 0 aromatic rings. The van der Waals surface area contributed by atoms with Crippen molar-refractivity contribution < 1.29 is 58.7 Å². The van der Waals surface area contributed by atoms with Crippen LogP contribution < -0.4 is 0 Å². The molecule has 4 rings (SSSR count). The average Bonchev–Trinajstić information content (AvgIpc) is 2.92. The molecular weight excluding hydrogens is 540 g/mol. The molecule has 5 N–H and O–H groups in total. The van der Waals surface area contributed by atoms with E-state index in [9.17, 15) is 25.5 Å². The lowest BCUT2D eigenvalue weighted by Gasteiger charge is -2.50. The zero-order valence-corrected chi connectivity index (χ0v) is 25.6. The molecule has 4 saturated heterocycles. The van der Waals surface area contributed by atoms with E-state index in [1.165, 1.54) is 0 Å². The zero-order chi connectivity index (χ0) is 30.5. The highest BCUT2D eigenvalue weighted by Gasteiger charge is 2.51. The highest BCUT2D eigenvalue weighted by molar-refractivity contribution is 4.93. The van der Waals surface area contributed by atoms with Crippen molar-refractivity contribution in [2.45, 2.75) is 155 Å². The van der Waals surface area contributed by atoms with Crippen LogP contribution in [0.1, 0.15) is 62.3 Å². The number of aliphatic hydroxyl groups is 5. The fourth-order valence-electron chi connectivity index (χ4n) is 6.42. The summed E-state index contributed by atoms with van der Waals surface area (Å²) in [6.45, 7) is 16.4. The minimum absolute atomic E-state index is 0.0177. The summed E-state index contributed by atoms with van der Waals surface area (Å²) in [4.78, 5) is 0. The number of hydrogen-bond donors (Lipinski definition) is 5. The van der Waals surface area contributed by atoms with Gasteiger partial charge in [-0.25, -0.2) is 0 Å². The molecule has 20 atom stereocenters. The molecule has 4 aliphatic heterocycles. The van der Waals surface area contributed by atoms with Crippen LogP contribution in [0.15, 0.2) is 0 Å². The Labute approximate surface area is 243 Å². The van der Waals surface area contributed by atoms with Gasteiger partial charge in [0.1, 0.15) is 18.3 Å². The molecule has 0 aromatic heterocycles. The Morgan fingerprint density at radius 3 is 1.32 bits per heavy atom. The van der Waals surface area contributed by atoms with Gasteiger partial charge in [-0.15, -0.1) is 0 Å². The molecule has 12 heteroatoms. The molecule has 0 spiro atoms. The summed E-state index contributed by atoms with van der Waals surface area (Å²) in [5.74, 6) is -1.58. The largest absolute Gasteiger partial charge is 0.390 e. The first kappa shape index (κ1) is 33.4. The molecule has 0 aromatic carbocycles. The highest BCUT2D eigenvalue weighted by atomic mass is 16.7. The summed E-state index contributed by atoms with van der Waals surface area (Å²) < 4.78 is 42.7. The van der Waals surface area contributed by atoms with E-state index < -0.39 is 97.8 Å². The van der Waals surface area contributed by atoms with Gasteiger partial charge in [0.2, 0.25) is 0 Å². The molecule has 0 amide bonds. The van der Waals surface area contributed by atoms with Gasteiger partial charge >= 0.3 is 0 Å². The Kier molecular flexibility index (Phi) is 10.8. The van der Waals surface area contributed by atoms with Gasteiger partial charge in [-0.05, 0) is 33.6 Å². The minimum atomic E-state index is -1.08. The second-order valence-electron chi connectivity index (χ2n) is 12.9. The molecule has 0 bridgehead atoms. The van der Waals surface area contributed by atoms with Gasteiger partial charge in [0, 0.05) is 23.7 Å². The van der Waals surface area contributed by atoms with Crippen LogP contribution in [0.25, 0.3) is 0 Å². The lowest BCUT2D eigenvalue weighted by Crippen LogP contribution is -2.61. The molecule has 240 valence electrons. The topological polar surface area (TPSA) is 166 Å². The molecule has 12 nitrogen and oxygen atoms in total. The van der Waals surface area contributed by atoms with E-state index in [-0.39, 0.29) is 24.0 Å². The molecule has 4 aliphatic rings. The van der Waals surface area contributed by atoms with Crippen molar-refractivity contribution in [2.24, 2.45) is 29.6 Å². The SMILES string of the molecule is CC1OC(O)C(C)[C@H](O)C1OC1OC(C)[C@H](OC2OC(C)[C@H](OC3OC(C)[C@@H](O)[C@@H](O)C3C)[C@@H](C)C2C)[C@@H](O)C1C. The highest BCUT2D eigenvalue weighted by Crippen LogP contribution is 2.39. The Morgan fingerprint density at radius 2 is 0.756 bits per heavy atom. The van der Waals surface area contributed by atoms with E-state index in [0.29, 0.717) is 0 Å². The van der Waals surface area contributed by atoms with E-state index >= 15 is 0 Å². The van der Waals surface area contributed by atoms with Gasteiger partial charge in [0.25, 0.3) is 0 Å². The van der Waals surface area contributed by atoms with Crippen LogP contribution in [0.2, 0.25) is 0 Å². The maximum absolute atomic E-state index is 11.3. The Hall–Kier alpha value is -0.480. The monoisotopic (exact) mass is 592 g/mol. The van der Waals surface area contributed by atoms with Crippen LogP contribution in [-0.2, 0) is 33.2 Å². The van der Waals surface area contributed by atoms with E-state index in [2.05, 4.69) is 0 Å². The molecule has 0 saturated carbocycles. The molecule has 4 heterocycles. The third-order valence-electron chi connectivity index (χ3n) is 9.87. The Balaban J connectivity index is 1.37. The third-order valence-corrected chi connectivity index (χ3v) is 9.87. The lowest BCUT2D eigenvalue weighted by molar-refractivity contribution is -0.363. The summed E-state index contributed by atoms with van der Waals surface area (Å²) in [6, 6.07) is 0. The summed E-state index contributed by atoms with van der Waals surface area (Å²) >= 11 is 0. The zero-order valence-electron chi connectivity index (χ0n) is 25.6. The Bertz CT molecular complexity index is 849. The molecule has 4 fully saturated rings. The first-order chi connectivity index (χ1) is 19.1. The second kappa shape index (κ2) is 13.3. The molecule has 0 aliphatic carbocycles. The summed E-state index contributed by atoms with van der Waals surface area (Å²) in [6.07, 6.45) is -10.9. The van der Waals surface area contributed by atoms with E-state index in [1.807, 2.05) is 20.8 Å². The number of ether oxygens (including phenoxy) is 7. The maximum atomic E-state index is 11.3. The van der Waals surface area contributed by atoms with Crippen LogP contribution in [-0.4, -0.2) is 118 Å². The maximum Gasteiger partial charge on any atom is 0.163 e. The normalized spacial score (nSPS) is 56.9. The van der Waals surface area contributed by atoms with Crippen molar-refractivity contribution in [2.75, 3.05) is 0 Å². The molecule has 41 heavy (non-hydrogen) atoms. The van der Waals surface area contributed by atoms with Crippen LogP contribution in [0.4, 0.5) is 0 Å². The predicted molar refractivity (Wildman–Crippen MR) is 144 cm³/mol. The standard InChI is InChI=1S/C29H52O12/c1-10-11(2)27(37-16(7)23(10)39-28-13(4)19(30)22(33)15(6)36-28)40-25-18(9)38-29(14(5)21(25)32)41-24-17(8)35-26(34)12(3)20(24)31/h10-34H,1-9H3/t10-,11?,12?,13?,14?,15?,16?,17?,18?,19-,20-,21-,22+,23+,24?,25-,26?,27?,28?,29?/m0/s1. The van der Waals surface area contributed by atoms with Crippen molar-refractivity contribution in [3.8, 4) is 0 Å². The average molecular weight is 593 g/mol. The number of aliphatic hydroxyl groups excluding tert-OH is 5. The van der Waals surface area contributed by atoms with E-state index in [1.54, 1.807) is 41.5 Å². The van der Waals surface area contributed by atoms with Crippen molar-refractivity contribution in [3.63, 3.8) is 0 Å². The van der Waals surface area contributed by atoms with Gasteiger partial charge in [0.15, 0.2) is 25.2 Å².